The highest BCUT2D eigenvalue weighted by Crippen LogP contribution is 2.17. The zero-order valence-electron chi connectivity index (χ0n) is 11.2. The van der Waals surface area contributed by atoms with Crippen LogP contribution in [0, 0.1) is 0 Å². The van der Waals surface area contributed by atoms with E-state index in [9.17, 15) is 8.42 Å². The number of aromatic nitrogens is 2. The summed E-state index contributed by atoms with van der Waals surface area (Å²) in [7, 11) is -0.583. The Morgan fingerprint density at radius 1 is 1.45 bits per heavy atom. The molecule has 3 N–H and O–H groups in total. The number of sulfonamides is 1. The third-order valence-corrected chi connectivity index (χ3v) is 4.30. The molecule has 0 fully saturated rings. The van der Waals surface area contributed by atoms with E-state index in [1.165, 1.54) is 10.9 Å². The fraction of sp³-hybridized carbons (Fsp3) is 0.250. The number of hydrogen-bond acceptors (Lipinski definition) is 5. The standard InChI is InChI=1S/C12H16N4O3S/c1-16-8-14-11(13)12(16)20(17,18)15-7-9-4-3-5-10(6-9)19-2/h3-6,8,15H,7,13H2,1-2H3. The summed E-state index contributed by atoms with van der Waals surface area (Å²) in [5, 5.41) is -0.0413. The van der Waals surface area contributed by atoms with Gasteiger partial charge in [0.2, 0.25) is 0 Å². The Labute approximate surface area is 117 Å². The molecule has 0 radical (unpaired) electrons. The first kappa shape index (κ1) is 14.4. The molecule has 7 nitrogen and oxygen atoms in total. The van der Waals surface area contributed by atoms with Crippen LogP contribution in [0.4, 0.5) is 5.82 Å². The lowest BCUT2D eigenvalue weighted by Gasteiger charge is -2.08. The number of hydrogen-bond donors (Lipinski definition) is 2. The van der Waals surface area contributed by atoms with Gasteiger partial charge >= 0.3 is 0 Å². The number of methoxy groups -OCH3 is 1. The molecular weight excluding hydrogens is 280 g/mol. The van der Waals surface area contributed by atoms with Crippen LogP contribution in [0.5, 0.6) is 5.75 Å². The molecular formula is C12H16N4O3S. The van der Waals surface area contributed by atoms with Gasteiger partial charge in [-0.2, -0.15) is 0 Å². The van der Waals surface area contributed by atoms with Gasteiger partial charge in [-0.15, -0.1) is 0 Å². The molecule has 1 aromatic heterocycles. The topological polar surface area (TPSA) is 99.2 Å². The van der Waals surface area contributed by atoms with Crippen molar-refractivity contribution in [1.29, 1.82) is 0 Å². The van der Waals surface area contributed by atoms with E-state index in [0.29, 0.717) is 5.75 Å². The molecule has 20 heavy (non-hydrogen) atoms. The minimum Gasteiger partial charge on any atom is -0.497 e. The quantitative estimate of drug-likeness (QED) is 0.836. The molecule has 2 rings (SSSR count). The summed E-state index contributed by atoms with van der Waals surface area (Å²) in [4.78, 5) is 3.77. The largest absolute Gasteiger partial charge is 0.497 e. The molecule has 0 unspecified atom stereocenters. The van der Waals surface area contributed by atoms with Crippen molar-refractivity contribution in [2.24, 2.45) is 7.05 Å². The van der Waals surface area contributed by atoms with Crippen molar-refractivity contribution in [2.75, 3.05) is 12.8 Å². The second-order valence-corrected chi connectivity index (χ2v) is 5.90. The van der Waals surface area contributed by atoms with Crippen LogP contribution in [-0.2, 0) is 23.6 Å². The average Bonchev–Trinajstić information content (AvgIpc) is 2.77. The Bertz CT molecular complexity index is 690. The Morgan fingerprint density at radius 3 is 2.80 bits per heavy atom. The second-order valence-electron chi connectivity index (χ2n) is 4.22. The first-order valence-electron chi connectivity index (χ1n) is 5.83. The van der Waals surface area contributed by atoms with Crippen LogP contribution in [-0.4, -0.2) is 25.1 Å². The Kier molecular flexibility index (Phi) is 3.96. The molecule has 1 heterocycles. The number of nitrogens with two attached hydrogens (primary N) is 1. The van der Waals surface area contributed by atoms with Crippen molar-refractivity contribution in [2.45, 2.75) is 11.6 Å². The molecule has 2 aromatic rings. The van der Waals surface area contributed by atoms with Gasteiger partial charge < -0.3 is 15.0 Å². The van der Waals surface area contributed by atoms with Gasteiger partial charge in [-0.05, 0) is 17.7 Å². The molecule has 0 atom stereocenters. The highest BCUT2D eigenvalue weighted by atomic mass is 32.2. The van der Waals surface area contributed by atoms with E-state index in [4.69, 9.17) is 10.5 Å². The lowest BCUT2D eigenvalue weighted by Crippen LogP contribution is -2.26. The molecule has 0 bridgehead atoms. The number of nitrogens with one attached hydrogen (secondary N) is 1. The summed E-state index contributed by atoms with van der Waals surface area (Å²) >= 11 is 0. The predicted octanol–water partition coefficient (Wildman–Crippen LogP) is 0.489. The second kappa shape index (κ2) is 5.51. The number of imidazole rings is 1. The van der Waals surface area contributed by atoms with E-state index in [0.717, 1.165) is 5.56 Å². The van der Waals surface area contributed by atoms with Crippen molar-refractivity contribution < 1.29 is 13.2 Å². The molecule has 108 valence electrons. The highest BCUT2D eigenvalue weighted by Gasteiger charge is 2.21. The van der Waals surface area contributed by atoms with Crippen LogP contribution >= 0.6 is 0 Å². The molecule has 0 amide bonds. The number of anilines is 1. The normalized spacial score (nSPS) is 11.5. The predicted molar refractivity (Wildman–Crippen MR) is 74.6 cm³/mol. The minimum absolute atomic E-state index is 0.0226. The fourth-order valence-electron chi connectivity index (χ4n) is 1.79. The molecule has 0 spiro atoms. The third-order valence-electron chi connectivity index (χ3n) is 2.76. The van der Waals surface area contributed by atoms with E-state index >= 15 is 0 Å². The van der Waals surface area contributed by atoms with Gasteiger partial charge in [-0.1, -0.05) is 12.1 Å². The van der Waals surface area contributed by atoms with E-state index in [-0.39, 0.29) is 17.4 Å². The van der Waals surface area contributed by atoms with Crippen LogP contribution in [0.15, 0.2) is 35.6 Å². The van der Waals surface area contributed by atoms with Crippen molar-refractivity contribution in [1.82, 2.24) is 14.3 Å². The minimum atomic E-state index is -3.71. The maximum Gasteiger partial charge on any atom is 0.260 e. The maximum absolute atomic E-state index is 12.2. The van der Waals surface area contributed by atoms with Crippen molar-refractivity contribution in [3.05, 3.63) is 36.2 Å². The number of aryl methyl sites for hydroxylation is 1. The van der Waals surface area contributed by atoms with E-state index < -0.39 is 10.0 Å². The Balaban J connectivity index is 2.17. The first-order chi connectivity index (χ1) is 9.44. The molecule has 0 aliphatic heterocycles. The van der Waals surface area contributed by atoms with Crippen molar-refractivity contribution in [3.8, 4) is 5.75 Å². The van der Waals surface area contributed by atoms with Crippen molar-refractivity contribution in [3.63, 3.8) is 0 Å². The highest BCUT2D eigenvalue weighted by molar-refractivity contribution is 7.89. The van der Waals surface area contributed by atoms with Gasteiger partial charge in [0.25, 0.3) is 10.0 Å². The molecule has 0 saturated carbocycles. The van der Waals surface area contributed by atoms with Crippen LogP contribution in [0.3, 0.4) is 0 Å². The Morgan fingerprint density at radius 2 is 2.20 bits per heavy atom. The molecule has 1 aromatic carbocycles. The summed E-state index contributed by atoms with van der Waals surface area (Å²) in [5.41, 5.74) is 6.36. The summed E-state index contributed by atoms with van der Waals surface area (Å²) in [5.74, 6) is 0.646. The van der Waals surface area contributed by atoms with Gasteiger partial charge in [0.1, 0.15) is 5.75 Å². The number of benzene rings is 1. The fourth-order valence-corrected chi connectivity index (χ4v) is 3.04. The summed E-state index contributed by atoms with van der Waals surface area (Å²) in [6.45, 7) is 0.143. The van der Waals surface area contributed by atoms with E-state index in [2.05, 4.69) is 9.71 Å². The average molecular weight is 296 g/mol. The van der Waals surface area contributed by atoms with Gasteiger partial charge in [-0.25, -0.2) is 18.1 Å². The van der Waals surface area contributed by atoms with Crippen LogP contribution in [0.2, 0.25) is 0 Å². The first-order valence-corrected chi connectivity index (χ1v) is 7.32. The number of nitrogens with zero attached hydrogens (tertiary/aromatic N) is 2. The van der Waals surface area contributed by atoms with Gasteiger partial charge in [-0.3, -0.25) is 0 Å². The van der Waals surface area contributed by atoms with Crippen LogP contribution < -0.4 is 15.2 Å². The summed E-state index contributed by atoms with van der Waals surface area (Å²) < 4.78 is 33.3. The number of rotatable bonds is 5. The van der Waals surface area contributed by atoms with Gasteiger partial charge in [0.05, 0.1) is 13.4 Å². The Hall–Kier alpha value is -2.06. The van der Waals surface area contributed by atoms with Crippen molar-refractivity contribution >= 4 is 15.8 Å². The van der Waals surface area contributed by atoms with Gasteiger partial charge in [0.15, 0.2) is 10.8 Å². The third kappa shape index (κ3) is 2.91. The van der Waals surface area contributed by atoms with Crippen LogP contribution in [0.25, 0.3) is 0 Å². The zero-order chi connectivity index (χ0) is 14.8. The maximum atomic E-state index is 12.2. The monoisotopic (exact) mass is 296 g/mol. The lowest BCUT2D eigenvalue weighted by atomic mass is 10.2. The lowest BCUT2D eigenvalue weighted by molar-refractivity contribution is 0.414. The van der Waals surface area contributed by atoms with Gasteiger partial charge in [0, 0.05) is 13.6 Å². The SMILES string of the molecule is COc1cccc(CNS(=O)(=O)c2c(N)ncn2C)c1. The zero-order valence-corrected chi connectivity index (χ0v) is 12.0. The van der Waals surface area contributed by atoms with Crippen LogP contribution in [0.1, 0.15) is 5.56 Å². The molecule has 0 aliphatic carbocycles. The van der Waals surface area contributed by atoms with E-state index in [1.54, 1.807) is 38.4 Å². The molecule has 0 aliphatic rings. The van der Waals surface area contributed by atoms with E-state index in [1.807, 2.05) is 0 Å². The molecule has 8 heteroatoms. The smallest absolute Gasteiger partial charge is 0.260 e. The number of nitrogen functional groups attached to an aromatic ring is 1. The number of ether oxygens (including phenoxy) is 1. The summed E-state index contributed by atoms with van der Waals surface area (Å²) in [6, 6.07) is 7.14. The molecule has 0 saturated heterocycles. The summed E-state index contributed by atoms with van der Waals surface area (Å²) in [6.07, 6.45) is 1.36.